The van der Waals surface area contributed by atoms with Gasteiger partial charge in [0.1, 0.15) is 11.5 Å². The summed E-state index contributed by atoms with van der Waals surface area (Å²) in [6.07, 6.45) is 4.67. The molecule has 106 valence electrons. The first-order valence-electron chi connectivity index (χ1n) is 5.99. The van der Waals surface area contributed by atoms with Crippen LogP contribution in [0.3, 0.4) is 0 Å². The van der Waals surface area contributed by atoms with Gasteiger partial charge in [0.2, 0.25) is 5.88 Å². The van der Waals surface area contributed by atoms with E-state index >= 15 is 0 Å². The third kappa shape index (κ3) is 3.09. The summed E-state index contributed by atoms with van der Waals surface area (Å²) in [7, 11) is 3.02. The van der Waals surface area contributed by atoms with Gasteiger partial charge >= 0.3 is 5.97 Å². The summed E-state index contributed by atoms with van der Waals surface area (Å²) < 4.78 is 15.9. The number of carbonyl (C=O) groups is 1. The van der Waals surface area contributed by atoms with E-state index in [0.717, 1.165) is 0 Å². The molecule has 1 aromatic heterocycles. The summed E-state index contributed by atoms with van der Waals surface area (Å²) in [5.74, 6) is 0.548. The Morgan fingerprint density at radius 1 is 1.35 bits per heavy atom. The maximum absolute atomic E-state index is 10.9. The van der Waals surface area contributed by atoms with Crippen molar-refractivity contribution in [2.45, 2.75) is 12.5 Å². The van der Waals surface area contributed by atoms with Crippen LogP contribution in [0.25, 0.3) is 0 Å². The van der Waals surface area contributed by atoms with Crippen LogP contribution in [0.15, 0.2) is 41.8 Å². The highest BCUT2D eigenvalue weighted by molar-refractivity contribution is 5.90. The molecule has 1 unspecified atom stereocenters. The molecule has 1 heterocycles. The van der Waals surface area contributed by atoms with Crippen LogP contribution in [0.5, 0.6) is 11.6 Å². The number of methoxy groups -OCH3 is 2. The van der Waals surface area contributed by atoms with Gasteiger partial charge in [0.25, 0.3) is 0 Å². The number of rotatable bonds is 5. The van der Waals surface area contributed by atoms with Gasteiger partial charge in [0.15, 0.2) is 6.10 Å². The molecule has 2 rings (SSSR count). The molecule has 0 radical (unpaired) electrons. The first kappa shape index (κ1) is 13.9. The van der Waals surface area contributed by atoms with Crippen LogP contribution in [0.2, 0.25) is 0 Å². The van der Waals surface area contributed by atoms with Crippen molar-refractivity contribution >= 4 is 5.97 Å². The van der Waals surface area contributed by atoms with Crippen LogP contribution >= 0.6 is 0 Å². The van der Waals surface area contributed by atoms with E-state index in [1.54, 1.807) is 24.4 Å². The molecule has 6 heteroatoms. The monoisotopic (exact) mass is 277 g/mol. The van der Waals surface area contributed by atoms with Crippen LogP contribution in [-0.2, 0) is 9.53 Å². The van der Waals surface area contributed by atoms with Gasteiger partial charge in [-0.3, -0.25) is 0 Å². The van der Waals surface area contributed by atoms with E-state index in [-0.39, 0.29) is 11.7 Å². The molecular formula is C14H15NO5. The summed E-state index contributed by atoms with van der Waals surface area (Å²) >= 11 is 0. The van der Waals surface area contributed by atoms with E-state index in [2.05, 4.69) is 4.98 Å². The number of pyridine rings is 1. The van der Waals surface area contributed by atoms with Crippen molar-refractivity contribution in [2.24, 2.45) is 0 Å². The van der Waals surface area contributed by atoms with E-state index in [1.165, 1.54) is 20.3 Å². The topological polar surface area (TPSA) is 77.9 Å². The zero-order chi connectivity index (χ0) is 14.5. The number of carboxylic acid groups (broad SMARTS) is 1. The van der Waals surface area contributed by atoms with Crippen molar-refractivity contribution < 1.29 is 24.1 Å². The van der Waals surface area contributed by atoms with E-state index in [1.807, 2.05) is 0 Å². The Balaban J connectivity index is 2.10. The standard InChI is InChI=1S/C14H15NO5/c1-18-12-7-9(14(16)17)3-5-11(12)20-10-4-6-13(19-2)15-8-10/h3-4,6-8,11H,5H2,1-2H3,(H,16,17). The number of aliphatic carboxylic acids is 1. The second-order valence-electron chi connectivity index (χ2n) is 4.09. The Bertz CT molecular complexity index is 547. The molecule has 0 spiro atoms. The van der Waals surface area contributed by atoms with Crippen molar-refractivity contribution in [2.75, 3.05) is 14.2 Å². The van der Waals surface area contributed by atoms with Crippen LogP contribution in [0.1, 0.15) is 6.42 Å². The summed E-state index contributed by atoms with van der Waals surface area (Å²) in [5, 5.41) is 8.95. The van der Waals surface area contributed by atoms with Crippen LogP contribution in [-0.4, -0.2) is 36.4 Å². The van der Waals surface area contributed by atoms with Crippen LogP contribution < -0.4 is 9.47 Å². The molecule has 1 aliphatic carbocycles. The van der Waals surface area contributed by atoms with Crippen molar-refractivity contribution in [3.05, 3.63) is 41.8 Å². The van der Waals surface area contributed by atoms with Gasteiger partial charge in [-0.05, 0) is 12.1 Å². The zero-order valence-electron chi connectivity index (χ0n) is 11.2. The molecule has 0 amide bonds. The van der Waals surface area contributed by atoms with Crippen molar-refractivity contribution in [3.8, 4) is 11.6 Å². The second kappa shape index (κ2) is 6.10. The number of hydrogen-bond acceptors (Lipinski definition) is 5. The third-order valence-corrected chi connectivity index (χ3v) is 2.85. The molecule has 0 saturated heterocycles. The molecule has 0 aliphatic heterocycles. The second-order valence-corrected chi connectivity index (χ2v) is 4.09. The SMILES string of the molecule is COC1=CC(C(=O)O)=CCC1Oc1ccc(OC)nc1. The first-order chi connectivity index (χ1) is 9.63. The lowest BCUT2D eigenvalue weighted by atomic mass is 10.0. The van der Waals surface area contributed by atoms with E-state index in [4.69, 9.17) is 19.3 Å². The van der Waals surface area contributed by atoms with Gasteiger partial charge in [0, 0.05) is 12.5 Å². The lowest BCUT2D eigenvalue weighted by molar-refractivity contribution is -0.132. The van der Waals surface area contributed by atoms with Gasteiger partial charge < -0.3 is 19.3 Å². The predicted molar refractivity (Wildman–Crippen MR) is 70.6 cm³/mol. The molecule has 6 nitrogen and oxygen atoms in total. The summed E-state index contributed by atoms with van der Waals surface area (Å²) in [6, 6.07) is 3.42. The highest BCUT2D eigenvalue weighted by Crippen LogP contribution is 2.24. The average Bonchev–Trinajstić information content (AvgIpc) is 2.48. The predicted octanol–water partition coefficient (Wildman–Crippen LogP) is 1.78. The highest BCUT2D eigenvalue weighted by atomic mass is 16.5. The Morgan fingerprint density at radius 3 is 2.70 bits per heavy atom. The fraction of sp³-hybridized carbons (Fsp3) is 0.286. The third-order valence-electron chi connectivity index (χ3n) is 2.85. The first-order valence-corrected chi connectivity index (χ1v) is 5.99. The molecule has 0 aromatic carbocycles. The van der Waals surface area contributed by atoms with Gasteiger partial charge in [-0.2, -0.15) is 0 Å². The molecular weight excluding hydrogens is 262 g/mol. The maximum Gasteiger partial charge on any atom is 0.335 e. The van der Waals surface area contributed by atoms with Crippen molar-refractivity contribution in [3.63, 3.8) is 0 Å². The minimum Gasteiger partial charge on any atom is -0.497 e. The summed E-state index contributed by atoms with van der Waals surface area (Å²) in [6.45, 7) is 0. The number of nitrogens with zero attached hydrogens (tertiary/aromatic N) is 1. The minimum atomic E-state index is -0.982. The quantitative estimate of drug-likeness (QED) is 0.884. The van der Waals surface area contributed by atoms with Gasteiger partial charge in [0.05, 0.1) is 26.0 Å². The molecule has 1 aromatic rings. The number of carboxylic acids is 1. The smallest absolute Gasteiger partial charge is 0.335 e. The molecule has 20 heavy (non-hydrogen) atoms. The largest absolute Gasteiger partial charge is 0.497 e. The highest BCUT2D eigenvalue weighted by Gasteiger charge is 2.23. The zero-order valence-corrected chi connectivity index (χ0v) is 11.2. The molecule has 0 saturated carbocycles. The fourth-order valence-electron chi connectivity index (χ4n) is 1.82. The van der Waals surface area contributed by atoms with E-state index in [0.29, 0.717) is 23.8 Å². The van der Waals surface area contributed by atoms with E-state index in [9.17, 15) is 4.79 Å². The minimum absolute atomic E-state index is 0.203. The summed E-state index contributed by atoms with van der Waals surface area (Å²) in [4.78, 5) is 15.0. The van der Waals surface area contributed by atoms with Gasteiger partial charge in [-0.15, -0.1) is 0 Å². The Morgan fingerprint density at radius 2 is 2.15 bits per heavy atom. The number of ether oxygens (including phenoxy) is 3. The van der Waals surface area contributed by atoms with Gasteiger partial charge in [-0.25, -0.2) is 9.78 Å². The van der Waals surface area contributed by atoms with Crippen LogP contribution in [0.4, 0.5) is 0 Å². The van der Waals surface area contributed by atoms with Gasteiger partial charge in [-0.1, -0.05) is 6.08 Å². The Labute approximate surface area is 116 Å². The molecule has 0 bridgehead atoms. The fourth-order valence-corrected chi connectivity index (χ4v) is 1.82. The van der Waals surface area contributed by atoms with Crippen LogP contribution in [0, 0.1) is 0 Å². The summed E-state index contributed by atoms with van der Waals surface area (Å²) in [5.41, 5.74) is 0.203. The molecule has 1 atom stereocenters. The molecule has 1 N–H and O–H groups in total. The molecule has 0 fully saturated rings. The Kier molecular flexibility index (Phi) is 4.24. The average molecular weight is 277 g/mol. The number of hydrogen-bond donors (Lipinski definition) is 1. The molecule has 1 aliphatic rings. The van der Waals surface area contributed by atoms with Crippen molar-refractivity contribution in [1.82, 2.24) is 4.98 Å². The normalized spacial score (nSPS) is 17.8. The lowest BCUT2D eigenvalue weighted by Gasteiger charge is -2.22. The maximum atomic E-state index is 10.9. The van der Waals surface area contributed by atoms with E-state index < -0.39 is 5.97 Å². The van der Waals surface area contributed by atoms with Crippen molar-refractivity contribution in [1.29, 1.82) is 0 Å². The Hall–Kier alpha value is -2.50. The number of aromatic nitrogens is 1. The lowest BCUT2D eigenvalue weighted by Crippen LogP contribution is -2.23.